The Kier molecular flexibility index (Phi) is 7.24. The first-order valence-electron chi connectivity index (χ1n) is 8.29. The van der Waals surface area contributed by atoms with E-state index < -0.39 is 10.0 Å². The number of amides is 1. The van der Waals surface area contributed by atoms with E-state index >= 15 is 0 Å². The van der Waals surface area contributed by atoms with Crippen molar-refractivity contribution in [3.63, 3.8) is 0 Å². The van der Waals surface area contributed by atoms with Crippen LogP contribution in [0.2, 0.25) is 0 Å². The Morgan fingerprint density at radius 2 is 2.15 bits per heavy atom. The highest BCUT2D eigenvalue weighted by atomic mass is 35.5. The van der Waals surface area contributed by atoms with Crippen molar-refractivity contribution >= 4 is 34.0 Å². The van der Waals surface area contributed by atoms with Gasteiger partial charge < -0.3 is 20.1 Å². The summed E-state index contributed by atoms with van der Waals surface area (Å²) >= 11 is 0. The van der Waals surface area contributed by atoms with E-state index in [1.54, 1.807) is 12.1 Å². The van der Waals surface area contributed by atoms with Crippen molar-refractivity contribution in [2.24, 2.45) is 0 Å². The summed E-state index contributed by atoms with van der Waals surface area (Å²) in [5, 5.41) is 5.95. The topological polar surface area (TPSA) is 106 Å². The lowest BCUT2D eigenvalue weighted by Crippen LogP contribution is -2.43. The largest absolute Gasteiger partial charge is 0.495 e. The van der Waals surface area contributed by atoms with Gasteiger partial charge in [0, 0.05) is 30.7 Å². The molecule has 2 aliphatic rings. The van der Waals surface area contributed by atoms with Crippen LogP contribution < -0.4 is 20.1 Å². The molecule has 1 unspecified atom stereocenters. The molecular weight excluding hydrogens is 382 g/mol. The second-order valence-electron chi connectivity index (χ2n) is 6.24. The first-order valence-corrected chi connectivity index (χ1v) is 9.77. The van der Waals surface area contributed by atoms with Crippen molar-refractivity contribution in [1.29, 1.82) is 0 Å². The second kappa shape index (κ2) is 9.01. The summed E-state index contributed by atoms with van der Waals surface area (Å²) in [6, 6.07) is 4.54. The van der Waals surface area contributed by atoms with E-state index in [2.05, 4.69) is 15.4 Å². The molecule has 1 aliphatic carbocycles. The second-order valence-corrected chi connectivity index (χ2v) is 7.92. The minimum Gasteiger partial charge on any atom is -0.495 e. The molecule has 1 atom stereocenters. The number of ether oxygens (including phenoxy) is 2. The molecule has 0 spiro atoms. The molecule has 0 bridgehead atoms. The highest BCUT2D eigenvalue weighted by Crippen LogP contribution is 2.29. The fourth-order valence-corrected chi connectivity index (χ4v) is 4.14. The molecule has 1 heterocycles. The zero-order valence-corrected chi connectivity index (χ0v) is 16.1. The molecule has 10 heteroatoms. The number of sulfonamides is 1. The average molecular weight is 406 g/mol. The summed E-state index contributed by atoms with van der Waals surface area (Å²) in [7, 11) is -2.27. The molecule has 3 rings (SSSR count). The van der Waals surface area contributed by atoms with E-state index in [-0.39, 0.29) is 47.5 Å². The molecule has 1 saturated carbocycles. The van der Waals surface area contributed by atoms with Crippen molar-refractivity contribution in [2.75, 3.05) is 32.2 Å². The molecule has 146 valence electrons. The molecule has 0 aromatic heterocycles. The maximum Gasteiger partial charge on any atom is 0.244 e. The Bertz CT molecular complexity index is 733. The van der Waals surface area contributed by atoms with Gasteiger partial charge in [0.25, 0.3) is 0 Å². The van der Waals surface area contributed by atoms with Crippen LogP contribution in [0.15, 0.2) is 23.1 Å². The molecule has 1 amide bonds. The monoisotopic (exact) mass is 405 g/mol. The Hall–Kier alpha value is -1.39. The molecule has 1 saturated heterocycles. The predicted octanol–water partition coefficient (Wildman–Crippen LogP) is 0.875. The maximum atomic E-state index is 12.5. The van der Waals surface area contributed by atoms with Crippen LogP contribution in [0, 0.1) is 0 Å². The van der Waals surface area contributed by atoms with Crippen molar-refractivity contribution in [3.8, 4) is 5.75 Å². The number of morpholine rings is 1. The van der Waals surface area contributed by atoms with Gasteiger partial charge in [0.2, 0.25) is 15.9 Å². The lowest BCUT2D eigenvalue weighted by Gasteiger charge is -2.23. The van der Waals surface area contributed by atoms with Gasteiger partial charge in [-0.05, 0) is 31.0 Å². The lowest BCUT2D eigenvalue weighted by atomic mass is 10.2. The van der Waals surface area contributed by atoms with Crippen LogP contribution in [0.4, 0.5) is 5.69 Å². The quantitative estimate of drug-likeness (QED) is 0.621. The zero-order valence-electron chi connectivity index (χ0n) is 14.5. The standard InChI is InChI=1S/C16H23N3O5S.ClH/c1-23-14-5-4-12(8-15(14)25(21,22)19-11-2-3-11)18-16(20)9-13-10-24-7-6-17-13;/h4-5,8,11,13,17,19H,2-3,6-7,9-10H2,1H3,(H,18,20);1H. The van der Waals surface area contributed by atoms with Crippen molar-refractivity contribution in [1.82, 2.24) is 10.0 Å². The van der Waals surface area contributed by atoms with E-state index in [9.17, 15) is 13.2 Å². The number of hydrogen-bond donors (Lipinski definition) is 3. The number of benzene rings is 1. The van der Waals surface area contributed by atoms with Gasteiger partial charge in [0.15, 0.2) is 0 Å². The Balaban J connectivity index is 0.00000243. The predicted molar refractivity (Wildman–Crippen MR) is 99.4 cm³/mol. The van der Waals surface area contributed by atoms with Crippen molar-refractivity contribution < 1.29 is 22.7 Å². The zero-order chi connectivity index (χ0) is 17.9. The van der Waals surface area contributed by atoms with Gasteiger partial charge in [0.1, 0.15) is 10.6 Å². The van der Waals surface area contributed by atoms with Gasteiger partial charge in [-0.3, -0.25) is 4.79 Å². The van der Waals surface area contributed by atoms with Gasteiger partial charge >= 0.3 is 0 Å². The van der Waals surface area contributed by atoms with E-state index in [0.29, 0.717) is 18.9 Å². The van der Waals surface area contributed by atoms with Crippen LogP contribution in [0.1, 0.15) is 19.3 Å². The lowest BCUT2D eigenvalue weighted by molar-refractivity contribution is -0.117. The number of nitrogens with one attached hydrogen (secondary N) is 3. The van der Waals surface area contributed by atoms with Gasteiger partial charge in [-0.1, -0.05) is 0 Å². The molecule has 2 fully saturated rings. The Labute approximate surface area is 159 Å². The molecular formula is C16H24ClN3O5S. The van der Waals surface area contributed by atoms with E-state index in [4.69, 9.17) is 9.47 Å². The Morgan fingerprint density at radius 3 is 2.77 bits per heavy atom. The average Bonchev–Trinajstić information content (AvgIpc) is 3.39. The highest BCUT2D eigenvalue weighted by Gasteiger charge is 2.30. The van der Waals surface area contributed by atoms with Gasteiger partial charge in [0.05, 0.1) is 20.3 Å². The summed E-state index contributed by atoms with van der Waals surface area (Å²) in [6.45, 7) is 1.85. The van der Waals surface area contributed by atoms with E-state index in [0.717, 1.165) is 19.4 Å². The third kappa shape index (κ3) is 5.55. The number of carbonyl (C=O) groups is 1. The van der Waals surface area contributed by atoms with Gasteiger partial charge in [-0.2, -0.15) is 0 Å². The molecule has 0 radical (unpaired) electrons. The number of anilines is 1. The van der Waals surface area contributed by atoms with Crippen LogP contribution in [-0.4, -0.2) is 53.3 Å². The highest BCUT2D eigenvalue weighted by molar-refractivity contribution is 7.89. The first-order chi connectivity index (χ1) is 12.0. The van der Waals surface area contributed by atoms with E-state index in [1.165, 1.54) is 13.2 Å². The van der Waals surface area contributed by atoms with Crippen LogP contribution in [-0.2, 0) is 19.6 Å². The molecule has 8 nitrogen and oxygen atoms in total. The number of hydrogen-bond acceptors (Lipinski definition) is 6. The SMILES string of the molecule is COc1ccc(NC(=O)CC2COCCN2)cc1S(=O)(=O)NC1CC1.Cl. The van der Waals surface area contributed by atoms with Crippen LogP contribution in [0.5, 0.6) is 5.75 Å². The normalized spacial score (nSPS) is 20.1. The fourth-order valence-electron chi connectivity index (χ4n) is 2.64. The molecule has 1 aromatic rings. The van der Waals surface area contributed by atoms with Crippen molar-refractivity contribution in [3.05, 3.63) is 18.2 Å². The minimum atomic E-state index is -3.68. The molecule has 1 aliphatic heterocycles. The number of methoxy groups -OCH3 is 1. The number of halogens is 1. The molecule has 1 aromatic carbocycles. The van der Waals surface area contributed by atoms with Crippen LogP contribution in [0.3, 0.4) is 0 Å². The van der Waals surface area contributed by atoms with E-state index in [1.807, 2.05) is 0 Å². The Morgan fingerprint density at radius 1 is 1.38 bits per heavy atom. The number of rotatable bonds is 7. The fraction of sp³-hybridized carbons (Fsp3) is 0.562. The summed E-state index contributed by atoms with van der Waals surface area (Å²) < 4.78 is 38.1. The third-order valence-corrected chi connectivity index (χ3v) is 5.61. The van der Waals surface area contributed by atoms with Gasteiger partial charge in [-0.15, -0.1) is 12.4 Å². The summed E-state index contributed by atoms with van der Waals surface area (Å²) in [6.07, 6.45) is 1.94. The minimum absolute atomic E-state index is 0. The van der Waals surface area contributed by atoms with Crippen LogP contribution >= 0.6 is 12.4 Å². The molecule has 3 N–H and O–H groups in total. The summed E-state index contributed by atoms with van der Waals surface area (Å²) in [5.41, 5.74) is 0.415. The van der Waals surface area contributed by atoms with Gasteiger partial charge in [-0.25, -0.2) is 13.1 Å². The molecule has 26 heavy (non-hydrogen) atoms. The van der Waals surface area contributed by atoms with Crippen LogP contribution in [0.25, 0.3) is 0 Å². The number of carbonyl (C=O) groups excluding carboxylic acids is 1. The maximum absolute atomic E-state index is 12.5. The smallest absolute Gasteiger partial charge is 0.244 e. The van der Waals surface area contributed by atoms with Crippen molar-refractivity contribution in [2.45, 2.75) is 36.2 Å². The third-order valence-electron chi connectivity index (χ3n) is 4.07. The summed E-state index contributed by atoms with van der Waals surface area (Å²) in [5.74, 6) is 0.0418. The first kappa shape index (κ1) is 20.9. The summed E-state index contributed by atoms with van der Waals surface area (Å²) in [4.78, 5) is 12.2.